The molecule has 122 valence electrons. The summed E-state index contributed by atoms with van der Waals surface area (Å²) in [5, 5.41) is 3.23. The quantitative estimate of drug-likeness (QED) is 0.717. The maximum Gasteiger partial charge on any atom is 0.128 e. The molecule has 3 rings (SSSR count). The molecule has 0 radical (unpaired) electrons. The fourth-order valence-corrected chi connectivity index (χ4v) is 2.61. The second kappa shape index (κ2) is 7.21. The summed E-state index contributed by atoms with van der Waals surface area (Å²) in [7, 11) is 0. The van der Waals surface area contributed by atoms with Crippen molar-refractivity contribution in [3.8, 4) is 11.1 Å². The van der Waals surface area contributed by atoms with Crippen LogP contribution in [0.2, 0.25) is 0 Å². The van der Waals surface area contributed by atoms with Gasteiger partial charge in [0.25, 0.3) is 0 Å². The molecule has 0 saturated heterocycles. The zero-order valence-electron chi connectivity index (χ0n) is 13.8. The highest BCUT2D eigenvalue weighted by Crippen LogP contribution is 2.23. The minimum atomic E-state index is -0.212. The van der Waals surface area contributed by atoms with Crippen LogP contribution in [-0.2, 0) is 6.42 Å². The van der Waals surface area contributed by atoms with Crippen molar-refractivity contribution >= 4 is 5.82 Å². The fraction of sp³-hybridized carbons (Fsp3) is 0.200. The lowest BCUT2D eigenvalue weighted by Gasteiger charge is -2.15. The van der Waals surface area contributed by atoms with Crippen LogP contribution in [0.3, 0.4) is 0 Å². The number of aromatic nitrogens is 2. The van der Waals surface area contributed by atoms with Gasteiger partial charge in [0.15, 0.2) is 0 Å². The molecule has 1 N–H and O–H groups in total. The molecule has 1 aromatic carbocycles. The highest BCUT2D eigenvalue weighted by Gasteiger charge is 2.10. The Balaban J connectivity index is 1.76. The Kier molecular flexibility index (Phi) is 4.85. The summed E-state index contributed by atoms with van der Waals surface area (Å²) in [6.07, 6.45) is 6.48. The normalized spacial score (nSPS) is 12.0. The topological polar surface area (TPSA) is 37.8 Å². The first-order valence-corrected chi connectivity index (χ1v) is 8.08. The molecule has 0 saturated carbocycles. The van der Waals surface area contributed by atoms with E-state index in [0.717, 1.165) is 17.5 Å². The molecule has 0 bridgehead atoms. The summed E-state index contributed by atoms with van der Waals surface area (Å²) < 4.78 is 13.8. The van der Waals surface area contributed by atoms with Crippen molar-refractivity contribution < 1.29 is 4.39 Å². The van der Waals surface area contributed by atoms with Crippen molar-refractivity contribution in [2.24, 2.45) is 0 Å². The van der Waals surface area contributed by atoms with Gasteiger partial charge in [-0.1, -0.05) is 25.1 Å². The van der Waals surface area contributed by atoms with Gasteiger partial charge in [0.1, 0.15) is 11.6 Å². The summed E-state index contributed by atoms with van der Waals surface area (Å²) in [5.74, 6) is 0.505. The lowest BCUT2D eigenvalue weighted by atomic mass is 10.1. The number of halogens is 1. The predicted octanol–water partition coefficient (Wildman–Crippen LogP) is 5.02. The van der Waals surface area contributed by atoms with Crippen LogP contribution < -0.4 is 5.32 Å². The van der Waals surface area contributed by atoms with E-state index in [9.17, 15) is 4.39 Å². The van der Waals surface area contributed by atoms with Gasteiger partial charge in [-0.25, -0.2) is 9.37 Å². The minimum absolute atomic E-state index is 0.158. The molecular weight excluding hydrogens is 301 g/mol. The molecule has 4 heteroatoms. The fourth-order valence-electron chi connectivity index (χ4n) is 2.61. The van der Waals surface area contributed by atoms with E-state index in [1.54, 1.807) is 12.1 Å². The molecule has 0 fully saturated rings. The van der Waals surface area contributed by atoms with Crippen LogP contribution in [0.15, 0.2) is 61.1 Å². The molecule has 0 spiro atoms. The van der Waals surface area contributed by atoms with Crippen molar-refractivity contribution in [2.45, 2.75) is 26.3 Å². The van der Waals surface area contributed by atoms with Crippen molar-refractivity contribution in [3.05, 3.63) is 78.0 Å². The van der Waals surface area contributed by atoms with Gasteiger partial charge in [-0.2, -0.15) is 0 Å². The second-order valence-electron chi connectivity index (χ2n) is 5.76. The van der Waals surface area contributed by atoms with E-state index in [4.69, 9.17) is 0 Å². The van der Waals surface area contributed by atoms with E-state index in [1.807, 2.05) is 43.7 Å². The highest BCUT2D eigenvalue weighted by atomic mass is 19.1. The van der Waals surface area contributed by atoms with Crippen LogP contribution in [0, 0.1) is 5.82 Å². The van der Waals surface area contributed by atoms with Gasteiger partial charge in [0.2, 0.25) is 0 Å². The Morgan fingerprint density at radius 2 is 1.88 bits per heavy atom. The van der Waals surface area contributed by atoms with Gasteiger partial charge < -0.3 is 5.32 Å². The molecule has 0 aliphatic carbocycles. The lowest BCUT2D eigenvalue weighted by molar-refractivity contribution is 0.600. The van der Waals surface area contributed by atoms with E-state index in [2.05, 4.69) is 28.3 Å². The van der Waals surface area contributed by atoms with Gasteiger partial charge in [-0.15, -0.1) is 0 Å². The first kappa shape index (κ1) is 16.1. The van der Waals surface area contributed by atoms with Crippen LogP contribution >= 0.6 is 0 Å². The third-order valence-electron chi connectivity index (χ3n) is 4.04. The van der Waals surface area contributed by atoms with Crippen molar-refractivity contribution in [3.63, 3.8) is 0 Å². The molecule has 0 amide bonds. The molecule has 3 aromatic rings. The predicted molar refractivity (Wildman–Crippen MR) is 95.3 cm³/mol. The average Bonchev–Trinajstić information content (AvgIpc) is 2.62. The third kappa shape index (κ3) is 3.59. The van der Waals surface area contributed by atoms with Gasteiger partial charge in [-0.05, 0) is 43.2 Å². The maximum atomic E-state index is 13.8. The maximum absolute atomic E-state index is 13.8. The van der Waals surface area contributed by atoms with Crippen LogP contribution in [-0.4, -0.2) is 9.97 Å². The number of anilines is 1. The molecule has 1 unspecified atom stereocenters. The van der Waals surface area contributed by atoms with E-state index in [-0.39, 0.29) is 11.9 Å². The van der Waals surface area contributed by atoms with E-state index in [0.29, 0.717) is 11.4 Å². The van der Waals surface area contributed by atoms with Crippen LogP contribution in [0.25, 0.3) is 11.1 Å². The Bertz CT molecular complexity index is 815. The summed E-state index contributed by atoms with van der Waals surface area (Å²) in [5.41, 5.74) is 3.89. The average molecular weight is 321 g/mol. The Labute approximate surface area is 141 Å². The standard InChI is InChI=1S/C20H20FN3/c1-3-15-10-17(12-22-11-15)16-8-9-20(23-13-16)24-14(2)18-6-4-5-7-19(18)21/h4-14H,3H2,1-2H3,(H,23,24). The van der Waals surface area contributed by atoms with Gasteiger partial charge >= 0.3 is 0 Å². The zero-order valence-corrected chi connectivity index (χ0v) is 13.8. The van der Waals surface area contributed by atoms with Crippen LogP contribution in [0.4, 0.5) is 10.2 Å². The SMILES string of the molecule is CCc1cncc(-c2ccc(NC(C)c3ccccc3F)nc2)c1. The Hall–Kier alpha value is -2.75. The number of nitrogens with zero attached hydrogens (tertiary/aromatic N) is 2. The summed E-state index contributed by atoms with van der Waals surface area (Å²) >= 11 is 0. The van der Waals surface area contributed by atoms with E-state index >= 15 is 0 Å². The van der Waals surface area contributed by atoms with Crippen molar-refractivity contribution in [2.75, 3.05) is 5.32 Å². The molecule has 2 heterocycles. The Morgan fingerprint density at radius 1 is 1.04 bits per heavy atom. The molecular formula is C20H20FN3. The smallest absolute Gasteiger partial charge is 0.128 e. The van der Waals surface area contributed by atoms with Gasteiger partial charge in [-0.3, -0.25) is 4.98 Å². The lowest BCUT2D eigenvalue weighted by Crippen LogP contribution is -2.09. The van der Waals surface area contributed by atoms with E-state index < -0.39 is 0 Å². The number of pyridine rings is 2. The van der Waals surface area contributed by atoms with Crippen LogP contribution in [0.1, 0.15) is 31.0 Å². The molecule has 0 aliphatic heterocycles. The van der Waals surface area contributed by atoms with Crippen LogP contribution in [0.5, 0.6) is 0 Å². The zero-order chi connectivity index (χ0) is 16.9. The first-order chi connectivity index (χ1) is 11.7. The number of benzene rings is 1. The summed E-state index contributed by atoms with van der Waals surface area (Å²) in [6, 6.07) is 12.7. The second-order valence-corrected chi connectivity index (χ2v) is 5.76. The molecule has 24 heavy (non-hydrogen) atoms. The molecule has 0 aliphatic rings. The van der Waals surface area contributed by atoms with Crippen molar-refractivity contribution in [1.82, 2.24) is 9.97 Å². The highest BCUT2D eigenvalue weighted by molar-refractivity contribution is 5.63. The third-order valence-corrected chi connectivity index (χ3v) is 4.04. The minimum Gasteiger partial charge on any atom is -0.363 e. The van der Waals surface area contributed by atoms with E-state index in [1.165, 1.54) is 11.6 Å². The Morgan fingerprint density at radius 3 is 2.58 bits per heavy atom. The monoisotopic (exact) mass is 321 g/mol. The summed E-state index contributed by atoms with van der Waals surface area (Å²) in [4.78, 5) is 8.71. The van der Waals surface area contributed by atoms with Gasteiger partial charge in [0.05, 0.1) is 6.04 Å². The largest absolute Gasteiger partial charge is 0.363 e. The number of hydrogen-bond acceptors (Lipinski definition) is 3. The number of aryl methyl sites for hydroxylation is 1. The molecule has 2 aromatic heterocycles. The molecule has 1 atom stereocenters. The first-order valence-electron chi connectivity index (χ1n) is 8.08. The number of nitrogens with one attached hydrogen (secondary N) is 1. The number of rotatable bonds is 5. The molecule has 3 nitrogen and oxygen atoms in total. The number of hydrogen-bond donors (Lipinski definition) is 1. The van der Waals surface area contributed by atoms with Crippen molar-refractivity contribution in [1.29, 1.82) is 0 Å². The van der Waals surface area contributed by atoms with Gasteiger partial charge in [0, 0.05) is 35.3 Å². The summed E-state index contributed by atoms with van der Waals surface area (Å²) in [6.45, 7) is 4.03.